The molecule has 0 N–H and O–H groups in total. The Hall–Kier alpha value is -1.42. The molecule has 1 aromatic carbocycles. The standard InChI is InChI=1S/C14H15F3O5S/c1-23(18)22-12-8-19-13(20-9-12)7-4-10-2-5-11(6-3-10)21-14(15,16)17/h2-7,12-13H,8-9H2,1H3/b7-4+. The van der Waals surface area contributed by atoms with Gasteiger partial charge in [-0.15, -0.1) is 13.2 Å². The lowest BCUT2D eigenvalue weighted by molar-refractivity contribution is -0.274. The normalized spacial score (nSPS) is 23.8. The smallest absolute Gasteiger partial charge is 0.406 e. The Balaban J connectivity index is 1.83. The lowest BCUT2D eigenvalue weighted by Crippen LogP contribution is -2.36. The Morgan fingerprint density at radius 2 is 1.83 bits per heavy atom. The van der Waals surface area contributed by atoms with Gasteiger partial charge < -0.3 is 14.2 Å². The molecule has 0 amide bonds. The number of ether oxygens (including phenoxy) is 3. The van der Waals surface area contributed by atoms with Crippen LogP contribution in [0.1, 0.15) is 5.56 Å². The number of rotatable bonds is 5. The van der Waals surface area contributed by atoms with Crippen molar-refractivity contribution in [1.82, 2.24) is 0 Å². The van der Waals surface area contributed by atoms with Crippen molar-refractivity contribution in [3.05, 3.63) is 35.9 Å². The average molecular weight is 352 g/mol. The summed E-state index contributed by atoms with van der Waals surface area (Å²) < 4.78 is 66.6. The van der Waals surface area contributed by atoms with Crippen molar-refractivity contribution in [3.8, 4) is 5.75 Å². The number of alkyl halides is 3. The van der Waals surface area contributed by atoms with Crippen LogP contribution >= 0.6 is 0 Å². The van der Waals surface area contributed by atoms with E-state index in [-0.39, 0.29) is 25.1 Å². The largest absolute Gasteiger partial charge is 0.573 e. The summed E-state index contributed by atoms with van der Waals surface area (Å²) in [6, 6.07) is 5.39. The Kier molecular flexibility index (Phi) is 6.17. The summed E-state index contributed by atoms with van der Waals surface area (Å²) >= 11 is -1.39. The van der Waals surface area contributed by atoms with Gasteiger partial charge in [-0.25, -0.2) is 4.21 Å². The quantitative estimate of drug-likeness (QED) is 0.816. The molecule has 1 atom stereocenters. The number of hydrogen-bond donors (Lipinski definition) is 0. The Morgan fingerprint density at radius 1 is 1.22 bits per heavy atom. The summed E-state index contributed by atoms with van der Waals surface area (Å²) in [4.78, 5) is 0. The van der Waals surface area contributed by atoms with E-state index in [0.29, 0.717) is 5.56 Å². The minimum atomic E-state index is -4.71. The van der Waals surface area contributed by atoms with Crippen molar-refractivity contribution in [2.24, 2.45) is 0 Å². The summed E-state index contributed by atoms with van der Waals surface area (Å²) in [6.45, 7) is 0.486. The molecule has 9 heteroatoms. The molecule has 128 valence electrons. The minimum absolute atomic E-state index is 0.243. The third-order valence-corrected chi connectivity index (χ3v) is 3.27. The zero-order valence-corrected chi connectivity index (χ0v) is 12.9. The van der Waals surface area contributed by atoms with Crippen LogP contribution in [-0.4, -0.2) is 42.4 Å². The molecule has 0 saturated carbocycles. The molecule has 5 nitrogen and oxygen atoms in total. The monoisotopic (exact) mass is 352 g/mol. The van der Waals surface area contributed by atoms with Crippen LogP contribution in [0.25, 0.3) is 6.08 Å². The molecule has 0 radical (unpaired) electrons. The van der Waals surface area contributed by atoms with E-state index in [1.165, 1.54) is 30.5 Å². The maximum Gasteiger partial charge on any atom is 0.573 e. The summed E-state index contributed by atoms with van der Waals surface area (Å²) in [7, 11) is 0. The molecule has 0 aromatic heterocycles. The van der Waals surface area contributed by atoms with Crippen molar-refractivity contribution in [1.29, 1.82) is 0 Å². The molecule has 1 aliphatic heterocycles. The third-order valence-electron chi connectivity index (χ3n) is 2.72. The van der Waals surface area contributed by atoms with Crippen LogP contribution in [0.4, 0.5) is 13.2 Å². The fraction of sp³-hybridized carbons (Fsp3) is 0.429. The molecule has 1 heterocycles. The Morgan fingerprint density at radius 3 is 2.35 bits per heavy atom. The summed E-state index contributed by atoms with van der Waals surface area (Å²) in [5.41, 5.74) is 0.666. The first-order chi connectivity index (χ1) is 10.8. The first-order valence-corrected chi connectivity index (χ1v) is 8.08. The van der Waals surface area contributed by atoms with Gasteiger partial charge in [0.2, 0.25) is 0 Å². The summed E-state index contributed by atoms with van der Waals surface area (Å²) in [5.74, 6) is -0.285. The van der Waals surface area contributed by atoms with E-state index in [2.05, 4.69) is 4.74 Å². The van der Waals surface area contributed by atoms with Gasteiger partial charge in [-0.2, -0.15) is 0 Å². The summed E-state index contributed by atoms with van der Waals surface area (Å²) in [6.07, 6.45) is -0.990. The minimum Gasteiger partial charge on any atom is -0.406 e. The van der Waals surface area contributed by atoms with Gasteiger partial charge in [-0.05, 0) is 23.8 Å². The van der Waals surface area contributed by atoms with E-state index in [9.17, 15) is 17.4 Å². The van der Waals surface area contributed by atoms with Crippen molar-refractivity contribution in [2.45, 2.75) is 18.8 Å². The van der Waals surface area contributed by atoms with Gasteiger partial charge >= 0.3 is 6.36 Å². The van der Waals surface area contributed by atoms with E-state index in [0.717, 1.165) is 0 Å². The van der Waals surface area contributed by atoms with Gasteiger partial charge in [0.1, 0.15) is 11.9 Å². The van der Waals surface area contributed by atoms with Crippen LogP contribution in [0, 0.1) is 0 Å². The van der Waals surface area contributed by atoms with Gasteiger partial charge in [0.15, 0.2) is 17.4 Å². The van der Waals surface area contributed by atoms with Gasteiger partial charge in [-0.1, -0.05) is 18.2 Å². The maximum absolute atomic E-state index is 12.0. The second kappa shape index (κ2) is 7.91. The van der Waals surface area contributed by atoms with Crippen molar-refractivity contribution in [3.63, 3.8) is 0 Å². The first kappa shape index (κ1) is 17.9. The van der Waals surface area contributed by atoms with Crippen LogP contribution in [0.3, 0.4) is 0 Å². The predicted octanol–water partition coefficient (Wildman–Crippen LogP) is 2.65. The highest BCUT2D eigenvalue weighted by Crippen LogP contribution is 2.23. The fourth-order valence-corrected chi connectivity index (χ4v) is 2.32. The summed E-state index contributed by atoms with van der Waals surface area (Å²) in [5, 5.41) is 0. The number of halogens is 3. The highest BCUT2D eigenvalue weighted by Gasteiger charge is 2.30. The van der Waals surface area contributed by atoms with E-state index in [1.807, 2.05) is 0 Å². The van der Waals surface area contributed by atoms with Crippen LogP contribution in [0.2, 0.25) is 0 Å². The van der Waals surface area contributed by atoms with Crippen LogP contribution in [-0.2, 0) is 24.7 Å². The second-order valence-electron chi connectivity index (χ2n) is 4.63. The highest BCUT2D eigenvalue weighted by atomic mass is 32.2. The number of benzene rings is 1. The van der Waals surface area contributed by atoms with Crippen LogP contribution < -0.4 is 4.74 Å². The predicted molar refractivity (Wildman–Crippen MR) is 76.8 cm³/mol. The fourth-order valence-electron chi connectivity index (χ4n) is 1.83. The Bertz CT molecular complexity index is 551. The molecule has 1 saturated heterocycles. The van der Waals surface area contributed by atoms with Crippen molar-refractivity contribution in [2.75, 3.05) is 19.5 Å². The van der Waals surface area contributed by atoms with Crippen LogP contribution in [0.15, 0.2) is 30.3 Å². The molecule has 0 spiro atoms. The molecule has 1 aliphatic rings. The molecule has 0 bridgehead atoms. The third kappa shape index (κ3) is 6.69. The van der Waals surface area contributed by atoms with E-state index in [1.54, 1.807) is 12.2 Å². The molecule has 0 aliphatic carbocycles. The average Bonchev–Trinajstić information content (AvgIpc) is 2.46. The molecule has 2 rings (SSSR count). The molecule has 1 fully saturated rings. The lowest BCUT2D eigenvalue weighted by atomic mass is 10.2. The van der Waals surface area contributed by atoms with Gasteiger partial charge in [0, 0.05) is 6.26 Å². The van der Waals surface area contributed by atoms with E-state index < -0.39 is 23.7 Å². The Labute approximate surface area is 133 Å². The first-order valence-electron chi connectivity index (χ1n) is 6.59. The number of hydrogen-bond acceptors (Lipinski definition) is 5. The SMILES string of the molecule is CS(=O)OC1COC(/C=C/c2ccc(OC(F)(F)F)cc2)OC1. The zero-order chi connectivity index (χ0) is 16.9. The highest BCUT2D eigenvalue weighted by molar-refractivity contribution is 7.79. The van der Waals surface area contributed by atoms with E-state index >= 15 is 0 Å². The van der Waals surface area contributed by atoms with Crippen molar-refractivity contribution >= 4 is 17.2 Å². The molecule has 23 heavy (non-hydrogen) atoms. The van der Waals surface area contributed by atoms with Gasteiger partial charge in [0.05, 0.1) is 13.2 Å². The molecular weight excluding hydrogens is 337 g/mol. The second-order valence-corrected chi connectivity index (χ2v) is 5.63. The van der Waals surface area contributed by atoms with Crippen LogP contribution in [0.5, 0.6) is 5.75 Å². The lowest BCUT2D eigenvalue weighted by Gasteiger charge is -2.26. The molecule has 1 unspecified atom stereocenters. The maximum atomic E-state index is 12.0. The van der Waals surface area contributed by atoms with Gasteiger partial charge in [0.25, 0.3) is 0 Å². The zero-order valence-electron chi connectivity index (χ0n) is 12.1. The topological polar surface area (TPSA) is 54.0 Å². The van der Waals surface area contributed by atoms with E-state index in [4.69, 9.17) is 13.7 Å². The van der Waals surface area contributed by atoms with Gasteiger partial charge in [-0.3, -0.25) is 4.18 Å². The molecular formula is C14H15F3O5S. The van der Waals surface area contributed by atoms with Crippen molar-refractivity contribution < 1.29 is 35.8 Å². The molecule has 1 aromatic rings.